The van der Waals surface area contributed by atoms with Gasteiger partial charge in [0.25, 0.3) is 0 Å². The highest BCUT2D eigenvalue weighted by molar-refractivity contribution is 4.78. The van der Waals surface area contributed by atoms with Crippen LogP contribution >= 0.6 is 0 Å². The Kier molecular flexibility index (Phi) is 8.96. The van der Waals surface area contributed by atoms with Crippen LogP contribution in [0, 0.1) is 5.41 Å². The molecule has 0 aromatic heterocycles. The van der Waals surface area contributed by atoms with Crippen molar-refractivity contribution in [1.82, 2.24) is 0 Å². The van der Waals surface area contributed by atoms with Gasteiger partial charge in [-0.15, -0.1) is 0 Å². The van der Waals surface area contributed by atoms with E-state index in [1.165, 1.54) is 38.5 Å². The summed E-state index contributed by atoms with van der Waals surface area (Å²) in [5, 5.41) is 9.94. The second-order valence-electron chi connectivity index (χ2n) is 5.62. The summed E-state index contributed by atoms with van der Waals surface area (Å²) in [5.74, 6) is 0. The van der Waals surface area contributed by atoms with E-state index >= 15 is 0 Å². The molecule has 2 heteroatoms. The monoisotopic (exact) mass is 229 g/mol. The maximum atomic E-state index is 9.94. The molecule has 0 aromatic rings. The van der Waals surface area contributed by atoms with Crippen LogP contribution in [-0.4, -0.2) is 17.8 Å². The van der Waals surface area contributed by atoms with E-state index in [1.54, 1.807) is 0 Å². The van der Waals surface area contributed by atoms with Crippen molar-refractivity contribution in [2.24, 2.45) is 11.1 Å². The fourth-order valence-corrected chi connectivity index (χ4v) is 1.82. The highest BCUT2D eigenvalue weighted by atomic mass is 16.3. The van der Waals surface area contributed by atoms with E-state index in [0.29, 0.717) is 6.54 Å². The Morgan fingerprint density at radius 3 is 2.00 bits per heavy atom. The number of aliphatic hydroxyl groups excluding tert-OH is 1. The number of hydrogen-bond acceptors (Lipinski definition) is 2. The summed E-state index contributed by atoms with van der Waals surface area (Å²) in [4.78, 5) is 0. The third-order valence-corrected chi connectivity index (χ3v) is 3.51. The van der Waals surface area contributed by atoms with Gasteiger partial charge in [0.05, 0.1) is 6.10 Å². The van der Waals surface area contributed by atoms with E-state index in [4.69, 9.17) is 5.73 Å². The molecule has 0 aliphatic carbocycles. The zero-order chi connectivity index (χ0) is 12.4. The van der Waals surface area contributed by atoms with Crippen LogP contribution in [0.15, 0.2) is 0 Å². The summed E-state index contributed by atoms with van der Waals surface area (Å²) in [6, 6.07) is 0. The van der Waals surface area contributed by atoms with E-state index in [1.807, 2.05) is 13.8 Å². The molecule has 0 aliphatic heterocycles. The van der Waals surface area contributed by atoms with Gasteiger partial charge in [-0.3, -0.25) is 0 Å². The zero-order valence-corrected chi connectivity index (χ0v) is 11.5. The van der Waals surface area contributed by atoms with Crippen molar-refractivity contribution in [2.75, 3.05) is 6.54 Å². The summed E-state index contributed by atoms with van der Waals surface area (Å²) in [7, 11) is 0. The second-order valence-corrected chi connectivity index (χ2v) is 5.62. The van der Waals surface area contributed by atoms with Gasteiger partial charge in [0, 0.05) is 5.41 Å². The molecule has 2 nitrogen and oxygen atoms in total. The van der Waals surface area contributed by atoms with Gasteiger partial charge in [0.1, 0.15) is 0 Å². The molecular formula is C14H31NO. The third kappa shape index (κ3) is 7.24. The Hall–Kier alpha value is -0.0800. The first kappa shape index (κ1) is 15.9. The zero-order valence-electron chi connectivity index (χ0n) is 11.5. The molecule has 3 N–H and O–H groups in total. The van der Waals surface area contributed by atoms with E-state index in [-0.39, 0.29) is 11.5 Å². The second kappa shape index (κ2) is 9.00. The van der Waals surface area contributed by atoms with Gasteiger partial charge in [-0.1, -0.05) is 65.7 Å². The molecule has 0 amide bonds. The molecular weight excluding hydrogens is 198 g/mol. The van der Waals surface area contributed by atoms with Gasteiger partial charge in [-0.25, -0.2) is 0 Å². The van der Waals surface area contributed by atoms with Crippen LogP contribution in [0.3, 0.4) is 0 Å². The summed E-state index contributed by atoms with van der Waals surface area (Å²) in [6.45, 7) is 6.88. The van der Waals surface area contributed by atoms with Crippen LogP contribution in [0.5, 0.6) is 0 Å². The highest BCUT2D eigenvalue weighted by Crippen LogP contribution is 2.23. The molecule has 0 heterocycles. The standard InChI is InChI=1S/C14H31NO/c1-4-5-6-7-8-9-10-11-13(16)14(2,3)12-15/h13,16H,4-12,15H2,1-3H3. The van der Waals surface area contributed by atoms with Gasteiger partial charge in [0.15, 0.2) is 0 Å². The largest absolute Gasteiger partial charge is 0.393 e. The molecule has 0 radical (unpaired) electrons. The maximum absolute atomic E-state index is 9.94. The summed E-state index contributed by atoms with van der Waals surface area (Å²) < 4.78 is 0. The third-order valence-electron chi connectivity index (χ3n) is 3.51. The first-order chi connectivity index (χ1) is 7.54. The smallest absolute Gasteiger partial charge is 0.0603 e. The van der Waals surface area contributed by atoms with Gasteiger partial charge in [-0.05, 0) is 13.0 Å². The lowest BCUT2D eigenvalue weighted by atomic mass is 9.84. The van der Waals surface area contributed by atoms with E-state index in [0.717, 1.165) is 12.8 Å². The minimum atomic E-state index is -0.242. The molecule has 98 valence electrons. The van der Waals surface area contributed by atoms with Gasteiger partial charge >= 0.3 is 0 Å². The maximum Gasteiger partial charge on any atom is 0.0603 e. The predicted octanol–water partition coefficient (Wildman–Crippen LogP) is 3.47. The topological polar surface area (TPSA) is 46.2 Å². The fourth-order valence-electron chi connectivity index (χ4n) is 1.82. The Balaban J connectivity index is 3.38. The van der Waals surface area contributed by atoms with Crippen LogP contribution in [0.2, 0.25) is 0 Å². The number of rotatable bonds is 10. The highest BCUT2D eigenvalue weighted by Gasteiger charge is 2.25. The average Bonchev–Trinajstić information content (AvgIpc) is 2.27. The first-order valence-electron chi connectivity index (χ1n) is 6.92. The van der Waals surface area contributed by atoms with Crippen molar-refractivity contribution >= 4 is 0 Å². The molecule has 0 aliphatic rings. The lowest BCUT2D eigenvalue weighted by Gasteiger charge is -2.28. The van der Waals surface area contributed by atoms with Crippen molar-refractivity contribution in [3.8, 4) is 0 Å². The molecule has 16 heavy (non-hydrogen) atoms. The molecule has 0 spiro atoms. The molecule has 0 rings (SSSR count). The molecule has 1 atom stereocenters. The average molecular weight is 229 g/mol. The van der Waals surface area contributed by atoms with Crippen molar-refractivity contribution in [3.05, 3.63) is 0 Å². The Bertz CT molecular complexity index is 157. The van der Waals surface area contributed by atoms with E-state index in [2.05, 4.69) is 6.92 Å². The number of hydrogen-bond donors (Lipinski definition) is 2. The van der Waals surface area contributed by atoms with E-state index < -0.39 is 0 Å². The van der Waals surface area contributed by atoms with Crippen LogP contribution in [0.4, 0.5) is 0 Å². The predicted molar refractivity (Wildman–Crippen MR) is 71.5 cm³/mol. The Labute approximate surface area is 102 Å². The van der Waals surface area contributed by atoms with Crippen molar-refractivity contribution in [1.29, 1.82) is 0 Å². The fraction of sp³-hybridized carbons (Fsp3) is 1.00. The number of nitrogens with two attached hydrogens (primary N) is 1. The first-order valence-corrected chi connectivity index (χ1v) is 6.92. The summed E-state index contributed by atoms with van der Waals surface area (Å²) >= 11 is 0. The molecule has 0 aromatic carbocycles. The minimum absolute atomic E-state index is 0.123. The Morgan fingerprint density at radius 1 is 1.00 bits per heavy atom. The lowest BCUT2D eigenvalue weighted by molar-refractivity contribution is 0.0467. The Morgan fingerprint density at radius 2 is 1.50 bits per heavy atom. The number of aliphatic hydroxyl groups is 1. The quantitative estimate of drug-likeness (QED) is 0.563. The van der Waals surface area contributed by atoms with Crippen LogP contribution < -0.4 is 5.73 Å². The van der Waals surface area contributed by atoms with Gasteiger partial charge < -0.3 is 10.8 Å². The summed E-state index contributed by atoms with van der Waals surface area (Å²) in [6.07, 6.45) is 9.75. The van der Waals surface area contributed by atoms with Crippen molar-refractivity contribution < 1.29 is 5.11 Å². The lowest BCUT2D eigenvalue weighted by Crippen LogP contribution is -2.36. The van der Waals surface area contributed by atoms with Gasteiger partial charge in [0.2, 0.25) is 0 Å². The van der Waals surface area contributed by atoms with Crippen molar-refractivity contribution in [2.45, 2.75) is 78.2 Å². The van der Waals surface area contributed by atoms with Crippen LogP contribution in [0.25, 0.3) is 0 Å². The number of unbranched alkanes of at least 4 members (excludes halogenated alkanes) is 6. The SMILES string of the molecule is CCCCCCCCCC(O)C(C)(C)CN. The van der Waals surface area contributed by atoms with Crippen LogP contribution in [-0.2, 0) is 0 Å². The molecule has 0 fully saturated rings. The molecule has 0 saturated heterocycles. The van der Waals surface area contributed by atoms with Gasteiger partial charge in [-0.2, -0.15) is 0 Å². The molecule has 1 unspecified atom stereocenters. The van der Waals surface area contributed by atoms with Crippen LogP contribution in [0.1, 0.15) is 72.1 Å². The van der Waals surface area contributed by atoms with E-state index in [9.17, 15) is 5.11 Å². The molecule has 0 bridgehead atoms. The summed E-state index contributed by atoms with van der Waals surface area (Å²) in [5.41, 5.74) is 5.51. The normalized spacial score (nSPS) is 14.1. The minimum Gasteiger partial charge on any atom is -0.393 e. The van der Waals surface area contributed by atoms with Crippen molar-refractivity contribution in [3.63, 3.8) is 0 Å². The molecule has 0 saturated carbocycles.